The van der Waals surface area contributed by atoms with Crippen LogP contribution in [0.15, 0.2) is 57.1 Å². The SMILES string of the molecule is Cc1csc2nc([C@H](C)NC(=O)/C=C/c3ccc4ccccc4n3)oc(=O)c12. The summed E-state index contributed by atoms with van der Waals surface area (Å²) in [4.78, 5) is 33.9. The van der Waals surface area contributed by atoms with Gasteiger partial charge in [0.05, 0.1) is 16.6 Å². The molecule has 0 unspecified atom stereocenters. The highest BCUT2D eigenvalue weighted by Crippen LogP contribution is 2.22. The number of nitrogens with one attached hydrogen (secondary N) is 1. The minimum Gasteiger partial charge on any atom is -0.406 e. The molecule has 1 aromatic carbocycles. The van der Waals surface area contributed by atoms with Crippen molar-refractivity contribution in [1.29, 1.82) is 0 Å². The molecule has 28 heavy (non-hydrogen) atoms. The number of hydrogen-bond donors (Lipinski definition) is 1. The number of para-hydroxylation sites is 1. The molecule has 0 radical (unpaired) electrons. The van der Waals surface area contributed by atoms with E-state index in [-0.39, 0.29) is 11.8 Å². The first-order valence-corrected chi connectivity index (χ1v) is 9.62. The lowest BCUT2D eigenvalue weighted by Crippen LogP contribution is -2.26. The number of thiophene rings is 1. The number of fused-ring (bicyclic) bond motifs is 2. The molecule has 4 rings (SSSR count). The molecule has 0 aliphatic carbocycles. The van der Waals surface area contributed by atoms with Crippen molar-refractivity contribution in [1.82, 2.24) is 15.3 Å². The van der Waals surface area contributed by atoms with Crippen molar-refractivity contribution in [3.05, 3.63) is 75.4 Å². The van der Waals surface area contributed by atoms with Gasteiger partial charge in [-0.1, -0.05) is 24.3 Å². The summed E-state index contributed by atoms with van der Waals surface area (Å²) < 4.78 is 5.29. The van der Waals surface area contributed by atoms with Crippen molar-refractivity contribution in [3.8, 4) is 0 Å². The topological polar surface area (TPSA) is 85.1 Å². The zero-order chi connectivity index (χ0) is 19.7. The normalized spacial score (nSPS) is 12.6. The third-order valence-electron chi connectivity index (χ3n) is 4.32. The van der Waals surface area contributed by atoms with E-state index >= 15 is 0 Å². The molecule has 1 atom stereocenters. The minimum atomic E-state index is -0.541. The molecule has 0 saturated carbocycles. The highest BCUT2D eigenvalue weighted by molar-refractivity contribution is 7.16. The lowest BCUT2D eigenvalue weighted by molar-refractivity contribution is -0.117. The van der Waals surface area contributed by atoms with Crippen molar-refractivity contribution in [3.63, 3.8) is 0 Å². The smallest absolute Gasteiger partial charge is 0.348 e. The lowest BCUT2D eigenvalue weighted by atomic mass is 10.2. The average Bonchev–Trinajstić information content (AvgIpc) is 3.07. The molecule has 3 heterocycles. The maximum Gasteiger partial charge on any atom is 0.348 e. The molecule has 4 aromatic rings. The number of aromatic nitrogens is 2. The Morgan fingerprint density at radius 2 is 2.04 bits per heavy atom. The van der Waals surface area contributed by atoms with Gasteiger partial charge in [-0.05, 0) is 43.0 Å². The molecule has 6 nitrogen and oxygen atoms in total. The van der Waals surface area contributed by atoms with Gasteiger partial charge in [0.1, 0.15) is 10.9 Å². The van der Waals surface area contributed by atoms with Crippen molar-refractivity contribution in [2.45, 2.75) is 19.9 Å². The second-order valence-electron chi connectivity index (χ2n) is 6.43. The molecular formula is C21H17N3O3S. The molecule has 1 N–H and O–H groups in total. The Labute approximate surface area is 164 Å². The van der Waals surface area contributed by atoms with Crippen LogP contribution in [0.3, 0.4) is 0 Å². The number of aryl methyl sites for hydroxylation is 1. The highest BCUT2D eigenvalue weighted by atomic mass is 32.1. The number of carbonyl (C=O) groups excluding carboxylic acids is 1. The monoisotopic (exact) mass is 391 g/mol. The number of nitrogens with zero attached hydrogens (tertiary/aromatic N) is 2. The van der Waals surface area contributed by atoms with E-state index in [0.717, 1.165) is 16.5 Å². The summed E-state index contributed by atoms with van der Waals surface area (Å²) in [6.07, 6.45) is 3.05. The number of pyridine rings is 1. The minimum absolute atomic E-state index is 0.185. The van der Waals surface area contributed by atoms with Crippen LogP contribution in [0.4, 0.5) is 0 Å². The maximum atomic E-state index is 12.2. The van der Waals surface area contributed by atoms with Crippen LogP contribution >= 0.6 is 11.3 Å². The van der Waals surface area contributed by atoms with E-state index in [4.69, 9.17) is 4.42 Å². The van der Waals surface area contributed by atoms with Crippen LogP contribution < -0.4 is 10.9 Å². The van der Waals surface area contributed by atoms with Gasteiger partial charge in [0.25, 0.3) is 0 Å². The number of benzene rings is 1. The number of amides is 1. The fourth-order valence-electron chi connectivity index (χ4n) is 2.87. The summed E-state index contributed by atoms with van der Waals surface area (Å²) in [5.41, 5.74) is 1.96. The quantitative estimate of drug-likeness (QED) is 0.532. The van der Waals surface area contributed by atoms with Crippen LogP contribution in [0.2, 0.25) is 0 Å². The van der Waals surface area contributed by atoms with Gasteiger partial charge in [-0.2, -0.15) is 0 Å². The molecule has 0 spiro atoms. The van der Waals surface area contributed by atoms with Crippen LogP contribution in [-0.2, 0) is 4.79 Å². The summed E-state index contributed by atoms with van der Waals surface area (Å²) in [5.74, 6) is -0.140. The van der Waals surface area contributed by atoms with E-state index in [1.807, 2.05) is 48.7 Å². The Bertz CT molecular complexity index is 1270. The van der Waals surface area contributed by atoms with Crippen molar-refractivity contribution >= 4 is 44.4 Å². The molecule has 0 aliphatic rings. The Balaban J connectivity index is 1.49. The Morgan fingerprint density at radius 3 is 2.89 bits per heavy atom. The van der Waals surface area contributed by atoms with Gasteiger partial charge < -0.3 is 9.73 Å². The Morgan fingerprint density at radius 1 is 1.21 bits per heavy atom. The molecule has 7 heteroatoms. The first-order valence-electron chi connectivity index (χ1n) is 8.74. The van der Waals surface area contributed by atoms with Crippen LogP contribution in [0, 0.1) is 6.92 Å². The first-order chi connectivity index (χ1) is 13.5. The van der Waals surface area contributed by atoms with Gasteiger partial charge >= 0.3 is 5.63 Å². The Hall–Kier alpha value is -3.32. The van der Waals surface area contributed by atoms with Gasteiger partial charge in [0.15, 0.2) is 0 Å². The third kappa shape index (κ3) is 3.57. The van der Waals surface area contributed by atoms with E-state index in [9.17, 15) is 9.59 Å². The summed E-state index contributed by atoms with van der Waals surface area (Å²) in [6.45, 7) is 3.56. The number of rotatable bonds is 4. The van der Waals surface area contributed by atoms with Crippen molar-refractivity contribution in [2.75, 3.05) is 0 Å². The number of carbonyl (C=O) groups is 1. The van der Waals surface area contributed by atoms with Crippen LogP contribution in [0.5, 0.6) is 0 Å². The predicted molar refractivity (Wildman–Crippen MR) is 110 cm³/mol. The van der Waals surface area contributed by atoms with E-state index < -0.39 is 11.7 Å². The average molecular weight is 391 g/mol. The van der Waals surface area contributed by atoms with Crippen molar-refractivity contribution in [2.24, 2.45) is 0 Å². The number of hydrogen-bond acceptors (Lipinski definition) is 6. The summed E-state index contributed by atoms with van der Waals surface area (Å²) in [5, 5.41) is 6.16. The zero-order valence-electron chi connectivity index (χ0n) is 15.3. The molecule has 0 bridgehead atoms. The zero-order valence-corrected chi connectivity index (χ0v) is 16.1. The fourth-order valence-corrected chi connectivity index (χ4v) is 3.79. The van der Waals surface area contributed by atoms with E-state index in [1.165, 1.54) is 17.4 Å². The van der Waals surface area contributed by atoms with Crippen LogP contribution in [-0.4, -0.2) is 15.9 Å². The fraction of sp³-hybridized carbons (Fsp3) is 0.143. The maximum absolute atomic E-state index is 12.2. The molecule has 1 amide bonds. The van der Waals surface area contributed by atoms with Gasteiger partial charge in [-0.25, -0.2) is 14.8 Å². The third-order valence-corrected chi connectivity index (χ3v) is 5.31. The molecular weight excluding hydrogens is 374 g/mol. The van der Waals surface area contributed by atoms with Crippen LogP contribution in [0.25, 0.3) is 27.2 Å². The van der Waals surface area contributed by atoms with Gasteiger partial charge in [-0.15, -0.1) is 11.3 Å². The second kappa shape index (κ2) is 7.36. The van der Waals surface area contributed by atoms with E-state index in [1.54, 1.807) is 13.0 Å². The lowest BCUT2D eigenvalue weighted by Gasteiger charge is -2.10. The van der Waals surface area contributed by atoms with Crippen molar-refractivity contribution < 1.29 is 9.21 Å². The van der Waals surface area contributed by atoms with Gasteiger partial charge in [0, 0.05) is 11.5 Å². The molecule has 3 aromatic heterocycles. The molecule has 0 saturated heterocycles. The molecule has 140 valence electrons. The predicted octanol–water partition coefficient (Wildman–Crippen LogP) is 4.00. The Kier molecular flexibility index (Phi) is 4.75. The largest absolute Gasteiger partial charge is 0.406 e. The van der Waals surface area contributed by atoms with Gasteiger partial charge in [0.2, 0.25) is 11.8 Å². The summed E-state index contributed by atoms with van der Waals surface area (Å²) in [6, 6.07) is 11.0. The first kappa shape index (κ1) is 18.1. The highest BCUT2D eigenvalue weighted by Gasteiger charge is 2.16. The summed E-state index contributed by atoms with van der Waals surface area (Å²) in [7, 11) is 0. The van der Waals surface area contributed by atoms with E-state index in [0.29, 0.717) is 15.9 Å². The van der Waals surface area contributed by atoms with E-state index in [2.05, 4.69) is 15.3 Å². The standard InChI is InChI=1S/C21H17N3O3S/c1-12-11-28-20-18(12)21(26)27-19(24-20)13(2)22-17(25)10-9-15-8-7-14-5-3-4-6-16(14)23-15/h3-11,13H,1-2H3,(H,22,25)/b10-9+/t13-/m0/s1. The molecule has 0 fully saturated rings. The summed E-state index contributed by atoms with van der Waals surface area (Å²) >= 11 is 1.38. The van der Waals surface area contributed by atoms with Crippen LogP contribution in [0.1, 0.15) is 30.1 Å². The second-order valence-corrected chi connectivity index (χ2v) is 7.29. The molecule has 0 aliphatic heterocycles. The van der Waals surface area contributed by atoms with Gasteiger partial charge in [-0.3, -0.25) is 4.79 Å².